The van der Waals surface area contributed by atoms with Crippen LogP contribution in [0.2, 0.25) is 0 Å². The third-order valence-corrected chi connectivity index (χ3v) is 5.87. The molecule has 0 aromatic heterocycles. The molecule has 0 radical (unpaired) electrons. The van der Waals surface area contributed by atoms with E-state index in [1.54, 1.807) is 0 Å². The van der Waals surface area contributed by atoms with E-state index in [0.29, 0.717) is 10.8 Å². The molecule has 0 amide bonds. The molecule has 0 aromatic rings. The minimum atomic E-state index is 0. The van der Waals surface area contributed by atoms with Crippen molar-refractivity contribution in [3.05, 3.63) is 45.6 Å². The van der Waals surface area contributed by atoms with Gasteiger partial charge in [-0.2, -0.15) is 11.1 Å². The SMILES string of the molecule is CC1=[C-]CC(C)(C)C(C)=C1C.CC1=[C-]CC(C)(C)C(C)=C1C.[Mo+2]. The summed E-state index contributed by atoms with van der Waals surface area (Å²) >= 11 is 0. The van der Waals surface area contributed by atoms with E-state index in [-0.39, 0.29) is 21.1 Å². The van der Waals surface area contributed by atoms with Crippen LogP contribution in [0.15, 0.2) is 33.4 Å². The summed E-state index contributed by atoms with van der Waals surface area (Å²) in [7, 11) is 0. The van der Waals surface area contributed by atoms with Gasteiger partial charge in [0.2, 0.25) is 0 Å². The van der Waals surface area contributed by atoms with Gasteiger partial charge in [0.15, 0.2) is 0 Å². The number of allylic oxidation sites excluding steroid dienone is 8. The van der Waals surface area contributed by atoms with Crippen molar-refractivity contribution in [1.82, 2.24) is 0 Å². The largest absolute Gasteiger partial charge is 2.00 e. The molecule has 0 atom stereocenters. The van der Waals surface area contributed by atoms with Crippen LogP contribution in [0.1, 0.15) is 82.1 Å². The zero-order chi connectivity index (χ0) is 17.3. The fraction of sp³-hybridized carbons (Fsp3) is 0.636. The van der Waals surface area contributed by atoms with Crippen molar-refractivity contribution in [2.45, 2.75) is 82.1 Å². The average Bonchev–Trinajstić information content (AvgIpc) is 2.45. The van der Waals surface area contributed by atoms with Crippen molar-refractivity contribution >= 4 is 0 Å². The molecule has 0 aromatic carbocycles. The van der Waals surface area contributed by atoms with E-state index in [9.17, 15) is 0 Å². The molecule has 0 fully saturated rings. The van der Waals surface area contributed by atoms with Crippen molar-refractivity contribution in [2.24, 2.45) is 10.8 Å². The third kappa shape index (κ3) is 5.32. The second-order valence-electron chi connectivity index (χ2n) is 8.22. The van der Waals surface area contributed by atoms with Gasteiger partial charge in [0, 0.05) is 0 Å². The second-order valence-corrected chi connectivity index (χ2v) is 8.22. The maximum Gasteiger partial charge on any atom is 2.00 e. The fourth-order valence-electron chi connectivity index (χ4n) is 2.82. The molecule has 0 unspecified atom stereocenters. The van der Waals surface area contributed by atoms with Crippen LogP contribution in [0.5, 0.6) is 0 Å². The van der Waals surface area contributed by atoms with Gasteiger partial charge in [0.25, 0.3) is 0 Å². The van der Waals surface area contributed by atoms with Crippen LogP contribution in [0.25, 0.3) is 0 Å². The van der Waals surface area contributed by atoms with Gasteiger partial charge in [-0.1, -0.05) is 55.4 Å². The molecule has 128 valence electrons. The van der Waals surface area contributed by atoms with Gasteiger partial charge in [-0.3, -0.25) is 12.2 Å². The number of hydrogen-bond acceptors (Lipinski definition) is 0. The zero-order valence-electron chi connectivity index (χ0n) is 16.8. The molecular formula is C22H34Mo. The average molecular weight is 394 g/mol. The van der Waals surface area contributed by atoms with Gasteiger partial charge in [0.05, 0.1) is 0 Å². The van der Waals surface area contributed by atoms with Crippen molar-refractivity contribution in [2.75, 3.05) is 0 Å². The van der Waals surface area contributed by atoms with E-state index in [1.807, 2.05) is 0 Å². The van der Waals surface area contributed by atoms with Crippen LogP contribution in [-0.4, -0.2) is 0 Å². The summed E-state index contributed by atoms with van der Waals surface area (Å²) in [6.07, 6.45) is 8.97. The Morgan fingerprint density at radius 1 is 0.609 bits per heavy atom. The maximum absolute atomic E-state index is 3.41. The summed E-state index contributed by atoms with van der Waals surface area (Å²) < 4.78 is 0. The summed E-state index contributed by atoms with van der Waals surface area (Å²) in [5, 5.41) is 0. The van der Waals surface area contributed by atoms with E-state index in [1.165, 1.54) is 33.4 Å². The topological polar surface area (TPSA) is 0 Å². The maximum atomic E-state index is 3.41. The van der Waals surface area contributed by atoms with Gasteiger partial charge in [-0.15, -0.1) is 37.8 Å². The van der Waals surface area contributed by atoms with E-state index in [4.69, 9.17) is 0 Å². The molecule has 0 aliphatic heterocycles. The molecule has 23 heavy (non-hydrogen) atoms. The Hall–Kier alpha value is -0.352. The summed E-state index contributed by atoms with van der Waals surface area (Å²) in [4.78, 5) is 0. The summed E-state index contributed by atoms with van der Waals surface area (Å²) in [5.41, 5.74) is 9.25. The minimum Gasteiger partial charge on any atom is -0.271 e. The first-order valence-corrected chi connectivity index (χ1v) is 8.41. The monoisotopic (exact) mass is 396 g/mol. The van der Waals surface area contributed by atoms with Crippen molar-refractivity contribution in [1.29, 1.82) is 0 Å². The number of hydrogen-bond donors (Lipinski definition) is 0. The quantitative estimate of drug-likeness (QED) is 0.306. The standard InChI is InChI=1S/2C11H17.Mo/c2*1-8-6-7-11(4,5)10(3)9(8)2;/h2*7H2,1-5H3;/q2*-1;+2. The summed E-state index contributed by atoms with van der Waals surface area (Å²) in [5.74, 6) is 0. The second kappa shape index (κ2) is 8.15. The van der Waals surface area contributed by atoms with Crippen LogP contribution in [0.4, 0.5) is 0 Å². The molecule has 2 aliphatic rings. The van der Waals surface area contributed by atoms with Crippen molar-refractivity contribution < 1.29 is 21.1 Å². The van der Waals surface area contributed by atoms with Crippen molar-refractivity contribution in [3.63, 3.8) is 0 Å². The fourth-order valence-corrected chi connectivity index (χ4v) is 2.82. The molecule has 0 bridgehead atoms. The van der Waals surface area contributed by atoms with Gasteiger partial charge < -0.3 is 0 Å². The van der Waals surface area contributed by atoms with Crippen LogP contribution >= 0.6 is 0 Å². The third-order valence-electron chi connectivity index (χ3n) is 5.87. The Morgan fingerprint density at radius 3 is 1.09 bits per heavy atom. The Morgan fingerprint density at radius 2 is 0.870 bits per heavy atom. The van der Waals surface area contributed by atoms with E-state index < -0.39 is 0 Å². The smallest absolute Gasteiger partial charge is 0.271 e. The van der Waals surface area contributed by atoms with Gasteiger partial charge >= 0.3 is 21.1 Å². The first kappa shape index (κ1) is 22.6. The Kier molecular flexibility index (Phi) is 8.03. The summed E-state index contributed by atoms with van der Waals surface area (Å²) in [6, 6.07) is 0. The normalized spacial score (nSPS) is 22.5. The minimum absolute atomic E-state index is 0. The Balaban J connectivity index is 0.000000403. The Labute approximate surface area is 159 Å². The molecule has 0 spiro atoms. The molecule has 2 aliphatic carbocycles. The molecule has 2 rings (SSSR count). The van der Waals surface area contributed by atoms with E-state index in [2.05, 4.69) is 81.4 Å². The molecule has 0 saturated heterocycles. The van der Waals surface area contributed by atoms with E-state index >= 15 is 0 Å². The molecular weight excluding hydrogens is 360 g/mol. The number of rotatable bonds is 0. The molecule has 0 saturated carbocycles. The van der Waals surface area contributed by atoms with Gasteiger partial charge in [-0.25, -0.2) is 11.1 Å². The molecule has 0 nitrogen and oxygen atoms in total. The molecule has 1 heteroatoms. The first-order valence-electron chi connectivity index (χ1n) is 8.41. The zero-order valence-corrected chi connectivity index (χ0v) is 18.8. The van der Waals surface area contributed by atoms with Crippen LogP contribution in [0.3, 0.4) is 0 Å². The summed E-state index contributed by atoms with van der Waals surface area (Å²) in [6.45, 7) is 22.3. The molecule has 0 N–H and O–H groups in total. The van der Waals surface area contributed by atoms with Crippen molar-refractivity contribution in [3.8, 4) is 0 Å². The van der Waals surface area contributed by atoms with Crippen LogP contribution in [-0.2, 0) is 21.1 Å². The van der Waals surface area contributed by atoms with E-state index in [0.717, 1.165) is 12.8 Å². The molecule has 0 heterocycles. The van der Waals surface area contributed by atoms with Crippen LogP contribution in [0, 0.1) is 23.0 Å². The predicted molar refractivity (Wildman–Crippen MR) is 98.4 cm³/mol. The Bertz CT molecular complexity index is 511. The van der Waals surface area contributed by atoms with Crippen LogP contribution < -0.4 is 0 Å². The predicted octanol–water partition coefficient (Wildman–Crippen LogP) is 7.00. The first-order chi connectivity index (χ1) is 9.90. The van der Waals surface area contributed by atoms with Gasteiger partial charge in [0.1, 0.15) is 0 Å². The van der Waals surface area contributed by atoms with Gasteiger partial charge in [-0.05, 0) is 10.8 Å².